The van der Waals surface area contributed by atoms with Crippen molar-refractivity contribution < 1.29 is 106 Å². The van der Waals surface area contributed by atoms with Gasteiger partial charge in [-0.3, -0.25) is 67.5 Å². The Morgan fingerprint density at radius 3 is 1.24 bits per heavy atom. The molecule has 3 aliphatic heterocycles. The fraction of sp³-hybridized carbons (Fsp3) is 0.529. The molecule has 9 rings (SSSR count). The van der Waals surface area contributed by atoms with Crippen LogP contribution < -0.4 is 30.7 Å². The number of aromatic nitrogens is 4. The lowest BCUT2D eigenvalue weighted by Crippen LogP contribution is -2.62. The van der Waals surface area contributed by atoms with Gasteiger partial charge >= 0.3 is 23.9 Å². The van der Waals surface area contributed by atoms with E-state index in [9.17, 15) is 67.7 Å². The summed E-state index contributed by atoms with van der Waals surface area (Å²) >= 11 is 0. The smallest absolute Gasteiger partial charge is 0.331 e. The predicted octanol–water partition coefficient (Wildman–Crippen LogP) is -2.76. The molecule has 10 amide bonds. The molecule has 38 nitrogen and oxygen atoms in total. The molecule has 38 heteroatoms. The highest BCUT2D eigenvalue weighted by Crippen LogP contribution is 2.40. The summed E-state index contributed by atoms with van der Waals surface area (Å²) in [4.78, 5) is 222. The van der Waals surface area contributed by atoms with Crippen molar-refractivity contribution in [1.29, 1.82) is 0 Å². The van der Waals surface area contributed by atoms with Crippen molar-refractivity contribution in [3.05, 3.63) is 60.2 Å². The predicted molar refractivity (Wildman–Crippen MR) is 365 cm³/mol. The van der Waals surface area contributed by atoms with Gasteiger partial charge in [0.15, 0.2) is 24.2 Å². The molecular weight excluding hydrogens is 1390 g/mol. The Balaban J connectivity index is 1.06. The summed E-state index contributed by atoms with van der Waals surface area (Å²) in [6, 6.07) is -2.94. The van der Waals surface area contributed by atoms with Crippen LogP contribution in [-0.2, 0) is 76.5 Å². The molecule has 2 aromatic heterocycles. The van der Waals surface area contributed by atoms with Crippen LogP contribution in [-0.4, -0.2) is 297 Å². The van der Waals surface area contributed by atoms with Gasteiger partial charge in [0.1, 0.15) is 60.4 Å². The number of ether oxygens (including phenoxy) is 6. The van der Waals surface area contributed by atoms with Crippen molar-refractivity contribution in [2.75, 3.05) is 81.8 Å². The van der Waals surface area contributed by atoms with E-state index in [4.69, 9.17) is 28.4 Å². The Morgan fingerprint density at radius 2 is 0.906 bits per heavy atom. The number of fused-ring (bicyclic) bond motifs is 4. The lowest BCUT2D eigenvalue weighted by molar-refractivity contribution is -0.168. The van der Waals surface area contributed by atoms with E-state index < -0.39 is 194 Å². The van der Waals surface area contributed by atoms with Crippen molar-refractivity contribution in [2.24, 2.45) is 33.9 Å². The summed E-state index contributed by atoms with van der Waals surface area (Å²) in [7, 11) is 7.25. The molecule has 3 fully saturated rings. The number of nitrogens with one attached hydrogen (secondary N) is 4. The van der Waals surface area contributed by atoms with Gasteiger partial charge in [0.2, 0.25) is 35.4 Å². The zero-order chi connectivity index (χ0) is 77.5. The number of hydrazone groups is 2. The average Bonchev–Trinajstić information content (AvgIpc) is 1.15. The zero-order valence-corrected chi connectivity index (χ0v) is 60.2. The number of esters is 4. The first-order valence-electron chi connectivity index (χ1n) is 33.7. The molecule has 0 bridgehead atoms. The first-order chi connectivity index (χ1) is 50.0. The number of amides is 10. The van der Waals surface area contributed by atoms with E-state index in [2.05, 4.69) is 51.4 Å². The molecule has 6 N–H and O–H groups in total. The summed E-state index contributed by atoms with van der Waals surface area (Å²) < 4.78 is 33.6. The summed E-state index contributed by atoms with van der Waals surface area (Å²) in [5.41, 5.74) is -4.24. The molecule has 106 heavy (non-hydrogen) atoms. The highest BCUT2D eigenvalue weighted by atomic mass is 16.6. The van der Waals surface area contributed by atoms with E-state index in [-0.39, 0.29) is 47.1 Å². The maximum Gasteiger partial charge on any atom is 0.331 e. The van der Waals surface area contributed by atoms with Gasteiger partial charge in [-0.15, -0.1) is 0 Å². The van der Waals surface area contributed by atoms with Crippen LogP contribution in [0.5, 0.6) is 11.5 Å². The minimum absolute atomic E-state index is 0.113. The van der Waals surface area contributed by atoms with E-state index in [1.165, 1.54) is 50.6 Å². The third kappa shape index (κ3) is 18.5. The van der Waals surface area contributed by atoms with Crippen LogP contribution in [0.3, 0.4) is 0 Å². The molecule has 2 aliphatic carbocycles. The fourth-order valence-corrected chi connectivity index (χ4v) is 12.0. The Labute approximate surface area is 606 Å². The third-order valence-electron chi connectivity index (χ3n) is 18.4. The average molecular weight is 1480 g/mol. The number of benzene rings is 2. The van der Waals surface area contributed by atoms with Crippen LogP contribution in [0.25, 0.3) is 22.1 Å². The molecule has 5 aliphatic rings. The molecule has 2 aromatic carbocycles. The molecule has 0 radical (unpaired) electrons. The Bertz CT molecular complexity index is 3950. The van der Waals surface area contributed by atoms with Gasteiger partial charge in [0, 0.05) is 65.6 Å². The Morgan fingerprint density at radius 1 is 0.547 bits per heavy atom. The van der Waals surface area contributed by atoms with Crippen molar-refractivity contribution >= 4 is 117 Å². The van der Waals surface area contributed by atoms with E-state index >= 15 is 9.59 Å². The fourth-order valence-electron chi connectivity index (χ4n) is 12.0. The minimum atomic E-state index is -2.21. The van der Waals surface area contributed by atoms with Crippen LogP contribution in [0.1, 0.15) is 88.2 Å². The standard InChI is InChI=1S/C68H84N16O22/c1-33-21-37(33)63(95)105-47-17-19-73-83-53(47)59(91)71-27-49(85)79(7)29-51(87)81(9)56(68(5,6)100)66(98)104-32-46(78-58(90)44-26-70-42-24-36(102-12)14-16-40(42)76-44)62(94)84-54(48(18-20-74-84)106-64(96)38-22-34(38)2)60(92)72-28-50(86)80(8)30-52(88)82(10)55(67(3,4)99)65(97)103-31-45(61(83)93)77-57(89)43-25-69-41-23-35(101-11)13-15-39(41)75-43/h13-16,19-20,23-26,33-34,37-38,45-48,53-56,99-100H,17-18,21-22,27-32H2,1-12H3,(H,71,91)(H,72,92)(H,77,89)(H,78,90)/t33-,34-,37-,38-,45-,46-,47+,48?,53+,54+,55-,56-/m1/s1. The number of methoxy groups -OCH3 is 2. The monoisotopic (exact) mass is 1480 g/mol. The molecule has 1 saturated heterocycles. The van der Waals surface area contributed by atoms with Gasteiger partial charge in [0.05, 0.1) is 97.9 Å². The number of hydrogen-bond donors (Lipinski definition) is 6. The number of rotatable bonds is 12. The summed E-state index contributed by atoms with van der Waals surface area (Å²) in [6.07, 6.45) is 1.54. The van der Waals surface area contributed by atoms with E-state index in [0.717, 1.165) is 100 Å². The second-order valence-corrected chi connectivity index (χ2v) is 27.5. The lowest BCUT2D eigenvalue weighted by Gasteiger charge is -2.37. The maximum absolute atomic E-state index is 15.2. The van der Waals surface area contributed by atoms with Crippen molar-refractivity contribution in [1.82, 2.24) is 70.8 Å². The second kappa shape index (κ2) is 32.7. The quantitative estimate of drug-likeness (QED) is 0.0618. The van der Waals surface area contributed by atoms with Gasteiger partial charge < -0.3 is 79.5 Å². The maximum atomic E-state index is 15.2. The Kier molecular flexibility index (Phi) is 24.3. The van der Waals surface area contributed by atoms with Crippen LogP contribution >= 0.6 is 0 Å². The number of nitrogens with zero attached hydrogens (tertiary/aromatic N) is 12. The zero-order valence-electron chi connectivity index (χ0n) is 60.2. The highest BCUT2D eigenvalue weighted by molar-refractivity contribution is 6.02. The van der Waals surface area contributed by atoms with Crippen LogP contribution in [0.2, 0.25) is 0 Å². The number of likely N-dealkylation sites (N-methyl/N-ethyl adjacent to an activating group) is 4. The van der Waals surface area contributed by atoms with Crippen LogP contribution in [0.15, 0.2) is 59.0 Å². The minimum Gasteiger partial charge on any atom is -0.497 e. The van der Waals surface area contributed by atoms with Crippen LogP contribution in [0, 0.1) is 23.7 Å². The molecule has 5 heterocycles. The van der Waals surface area contributed by atoms with Gasteiger partial charge in [-0.05, 0) is 76.6 Å². The van der Waals surface area contributed by atoms with E-state index in [1.54, 1.807) is 13.8 Å². The van der Waals surface area contributed by atoms with Crippen LogP contribution in [0.4, 0.5) is 0 Å². The SMILES string of the molecule is COc1ccc2nc(C(=O)N[C@@H]3COC(=O)[C@H](C(C)(C)O)N(C)C(=O)CN(C)C(=O)CNC(=O)[C@@H]4[C@@H](OC(=O)[C@@H]5C[C@H]5C)CC=NN4C(=O)[C@H](NC(=O)c4cnc5cc(OC)ccc5n4)COC(=O)[C@H](C(C)(C)O)N(C)C(=O)CN(C)C(=O)CNC(=O)[C@@H]4C(OC(=O)[C@@H]5C[C@H]5C)CC=NN4C3=O)cnc2c1. The number of aliphatic hydroxyl groups is 2. The van der Waals surface area contributed by atoms with Gasteiger partial charge in [-0.25, -0.2) is 29.6 Å². The molecule has 568 valence electrons. The molecular formula is C68H84N16O22. The largest absolute Gasteiger partial charge is 0.497 e. The first kappa shape index (κ1) is 78.7. The summed E-state index contributed by atoms with van der Waals surface area (Å²) in [5, 5.41) is 42.2. The number of hydrogen-bond acceptors (Lipinski definition) is 28. The highest BCUT2D eigenvalue weighted by Gasteiger charge is 2.51. The summed E-state index contributed by atoms with van der Waals surface area (Å²) in [5.74, 6) is -16.2. The van der Waals surface area contributed by atoms with E-state index in [1.807, 2.05) is 0 Å². The molecule has 12 atom stereocenters. The van der Waals surface area contributed by atoms with Gasteiger partial charge in [-0.2, -0.15) is 10.2 Å². The number of cyclic esters (lactones) is 2. The first-order valence-corrected chi connectivity index (χ1v) is 33.7. The van der Waals surface area contributed by atoms with Gasteiger partial charge in [-0.1, -0.05) is 13.8 Å². The van der Waals surface area contributed by atoms with E-state index in [0.29, 0.717) is 45.4 Å². The Hall–Kier alpha value is -11.4. The topological polar surface area (TPSA) is 479 Å². The second-order valence-electron chi connectivity index (χ2n) is 27.5. The van der Waals surface area contributed by atoms with Crippen molar-refractivity contribution in [3.8, 4) is 11.5 Å². The summed E-state index contributed by atoms with van der Waals surface area (Å²) in [6.45, 7) is 2.10. The molecule has 2 saturated carbocycles. The molecule has 4 aromatic rings. The lowest BCUT2D eigenvalue weighted by atomic mass is 9.97. The number of carbonyl (C=O) groups is 14. The third-order valence-corrected chi connectivity index (χ3v) is 18.4. The van der Waals surface area contributed by atoms with Crippen molar-refractivity contribution in [3.63, 3.8) is 0 Å². The van der Waals surface area contributed by atoms with Gasteiger partial charge in [0.25, 0.3) is 23.6 Å². The van der Waals surface area contributed by atoms with Crippen molar-refractivity contribution in [2.45, 2.75) is 127 Å². The molecule has 1 unspecified atom stereocenters. The molecule has 0 spiro atoms. The number of carbonyl (C=O) groups excluding carboxylic acids is 14. The normalized spacial score (nSPS) is 26.1.